The number of aromatic hydroxyl groups is 1. The molecule has 1 heterocycles. The second-order valence-corrected chi connectivity index (χ2v) is 8.04. The maximum atomic E-state index is 12.6. The number of Topliss-reactive ketones (excluding diaryl/α,β-unsaturated/α-hetero) is 1. The largest absolute Gasteiger partial charge is 0.507 e. The Kier molecular flexibility index (Phi) is 5.75. The molecule has 29 heavy (non-hydrogen) atoms. The number of ketones is 1. The summed E-state index contributed by atoms with van der Waals surface area (Å²) in [6.07, 6.45) is 7.31. The van der Waals surface area contributed by atoms with E-state index in [4.69, 9.17) is 0 Å². The number of hydrogen-bond donors (Lipinski definition) is 1. The first-order valence-electron chi connectivity index (χ1n) is 10.5. The Morgan fingerprint density at radius 2 is 1.90 bits per heavy atom. The van der Waals surface area contributed by atoms with Crippen molar-refractivity contribution in [2.45, 2.75) is 45.4 Å². The molecule has 0 spiro atoms. The van der Waals surface area contributed by atoms with Crippen LogP contribution in [0.2, 0.25) is 0 Å². The Bertz CT molecular complexity index is 1010. The minimum atomic E-state index is 0.0882. The molecule has 3 aromatic rings. The summed E-state index contributed by atoms with van der Waals surface area (Å²) in [6.45, 7) is 2.18. The second kappa shape index (κ2) is 8.60. The summed E-state index contributed by atoms with van der Waals surface area (Å²) in [6, 6.07) is 18.1. The molecule has 3 nitrogen and oxygen atoms in total. The van der Waals surface area contributed by atoms with E-state index in [0.29, 0.717) is 24.3 Å². The number of aromatic nitrogens is 1. The number of carbonyl (C=O) groups is 1. The lowest BCUT2D eigenvalue weighted by molar-refractivity contribution is 0.0942. The van der Waals surface area contributed by atoms with Gasteiger partial charge in [0, 0.05) is 18.2 Å². The van der Waals surface area contributed by atoms with Crippen molar-refractivity contribution in [2.75, 3.05) is 0 Å². The van der Waals surface area contributed by atoms with Crippen molar-refractivity contribution < 1.29 is 9.90 Å². The van der Waals surface area contributed by atoms with Crippen LogP contribution in [0.1, 0.15) is 59.7 Å². The first kappa shape index (κ1) is 19.4. The average molecular weight is 386 g/mol. The molecule has 1 atom stereocenters. The van der Waals surface area contributed by atoms with E-state index in [2.05, 4.69) is 30.1 Å². The van der Waals surface area contributed by atoms with Gasteiger partial charge in [-0.05, 0) is 60.1 Å². The molecule has 0 saturated heterocycles. The van der Waals surface area contributed by atoms with E-state index in [1.54, 1.807) is 12.3 Å². The van der Waals surface area contributed by atoms with Crippen LogP contribution in [-0.4, -0.2) is 15.9 Å². The maximum absolute atomic E-state index is 12.6. The van der Waals surface area contributed by atoms with Gasteiger partial charge in [-0.25, -0.2) is 0 Å². The van der Waals surface area contributed by atoms with E-state index in [0.717, 1.165) is 53.6 Å². The Hall–Kier alpha value is -2.94. The van der Waals surface area contributed by atoms with Crippen molar-refractivity contribution in [1.29, 1.82) is 0 Å². The zero-order valence-corrected chi connectivity index (χ0v) is 16.9. The number of phenolic OH excluding ortho intramolecular Hbond substituents is 1. The van der Waals surface area contributed by atoms with Gasteiger partial charge in [0.05, 0.1) is 11.3 Å². The van der Waals surface area contributed by atoms with Crippen LogP contribution >= 0.6 is 0 Å². The van der Waals surface area contributed by atoms with Crippen molar-refractivity contribution >= 4 is 5.78 Å². The lowest BCUT2D eigenvalue weighted by atomic mass is 9.79. The predicted octanol–water partition coefficient (Wildman–Crippen LogP) is 5.98. The van der Waals surface area contributed by atoms with E-state index in [1.165, 1.54) is 0 Å². The third-order valence-corrected chi connectivity index (χ3v) is 5.84. The van der Waals surface area contributed by atoms with Crippen LogP contribution in [0.5, 0.6) is 5.75 Å². The minimum absolute atomic E-state index is 0.0882. The van der Waals surface area contributed by atoms with Gasteiger partial charge >= 0.3 is 0 Å². The molecule has 148 valence electrons. The minimum Gasteiger partial charge on any atom is -0.507 e. The number of phenols is 1. The Labute approximate surface area is 172 Å². The SMILES string of the molecule is CCCCC1CC(=O)c2c(O)cc(Cc3ccccc3-c3ccccn3)cc2C1. The van der Waals surface area contributed by atoms with Crippen LogP contribution in [-0.2, 0) is 12.8 Å². The highest BCUT2D eigenvalue weighted by atomic mass is 16.3. The smallest absolute Gasteiger partial charge is 0.167 e. The van der Waals surface area contributed by atoms with Crippen LogP contribution in [0.25, 0.3) is 11.3 Å². The first-order chi connectivity index (χ1) is 14.2. The number of hydrogen-bond acceptors (Lipinski definition) is 3. The monoisotopic (exact) mass is 385 g/mol. The lowest BCUT2D eigenvalue weighted by Gasteiger charge is -2.25. The van der Waals surface area contributed by atoms with Crippen molar-refractivity contribution in [1.82, 2.24) is 4.98 Å². The van der Waals surface area contributed by atoms with Gasteiger partial charge in [0.2, 0.25) is 0 Å². The van der Waals surface area contributed by atoms with Gasteiger partial charge in [0.25, 0.3) is 0 Å². The molecular weight excluding hydrogens is 358 g/mol. The quantitative estimate of drug-likeness (QED) is 0.568. The zero-order valence-electron chi connectivity index (χ0n) is 16.9. The fraction of sp³-hybridized carbons (Fsp3) is 0.308. The summed E-state index contributed by atoms with van der Waals surface area (Å²) in [5.41, 5.74) is 5.79. The highest BCUT2D eigenvalue weighted by Gasteiger charge is 2.27. The molecule has 2 aromatic carbocycles. The highest BCUT2D eigenvalue weighted by molar-refractivity contribution is 6.01. The number of carbonyl (C=O) groups excluding carboxylic acids is 1. The normalized spacial score (nSPS) is 15.9. The standard InChI is InChI=1S/C26H27NO2/c1-2-3-8-18-13-21-15-19(17-25(29)26(21)24(28)16-18)14-20-9-4-5-10-22(20)23-11-6-7-12-27-23/h4-7,9-12,15,17-18,29H,2-3,8,13-14,16H2,1H3. The summed E-state index contributed by atoms with van der Waals surface area (Å²) in [4.78, 5) is 17.1. The number of benzene rings is 2. The zero-order chi connectivity index (χ0) is 20.2. The lowest BCUT2D eigenvalue weighted by Crippen LogP contribution is -2.20. The van der Waals surface area contributed by atoms with E-state index >= 15 is 0 Å². The van der Waals surface area contributed by atoms with Gasteiger partial charge in [-0.1, -0.05) is 56.2 Å². The molecule has 0 saturated carbocycles. The first-order valence-corrected chi connectivity index (χ1v) is 10.5. The third kappa shape index (κ3) is 4.24. The molecule has 0 aliphatic heterocycles. The van der Waals surface area contributed by atoms with Gasteiger partial charge in [-0.15, -0.1) is 0 Å². The number of unbranched alkanes of at least 4 members (excludes halogenated alkanes) is 1. The van der Waals surface area contributed by atoms with Crippen molar-refractivity contribution in [3.8, 4) is 17.0 Å². The predicted molar refractivity (Wildman–Crippen MR) is 116 cm³/mol. The summed E-state index contributed by atoms with van der Waals surface area (Å²) >= 11 is 0. The molecule has 0 bridgehead atoms. The third-order valence-electron chi connectivity index (χ3n) is 5.84. The number of rotatable bonds is 6. The van der Waals surface area contributed by atoms with E-state index in [-0.39, 0.29) is 11.5 Å². The van der Waals surface area contributed by atoms with Crippen LogP contribution in [0, 0.1) is 5.92 Å². The fourth-order valence-corrected chi connectivity index (χ4v) is 4.45. The van der Waals surface area contributed by atoms with Crippen LogP contribution in [0.3, 0.4) is 0 Å². The molecule has 0 radical (unpaired) electrons. The van der Waals surface area contributed by atoms with Crippen LogP contribution in [0.15, 0.2) is 60.8 Å². The van der Waals surface area contributed by atoms with Gasteiger partial charge in [-0.3, -0.25) is 9.78 Å². The van der Waals surface area contributed by atoms with E-state index in [1.807, 2.05) is 30.3 Å². The molecule has 1 aliphatic rings. The molecule has 3 heteroatoms. The van der Waals surface area contributed by atoms with Gasteiger partial charge in [-0.2, -0.15) is 0 Å². The topological polar surface area (TPSA) is 50.2 Å². The molecule has 0 fully saturated rings. The van der Waals surface area contributed by atoms with Crippen molar-refractivity contribution in [3.05, 3.63) is 83.0 Å². The Morgan fingerprint density at radius 3 is 2.69 bits per heavy atom. The number of fused-ring (bicyclic) bond motifs is 1. The number of pyridine rings is 1. The fourth-order valence-electron chi connectivity index (χ4n) is 4.45. The second-order valence-electron chi connectivity index (χ2n) is 8.04. The average Bonchev–Trinajstić information content (AvgIpc) is 2.73. The number of nitrogens with zero attached hydrogens (tertiary/aromatic N) is 1. The van der Waals surface area contributed by atoms with Gasteiger partial charge in [0.1, 0.15) is 5.75 Å². The summed E-state index contributed by atoms with van der Waals surface area (Å²) in [7, 11) is 0. The van der Waals surface area contributed by atoms with Crippen LogP contribution < -0.4 is 0 Å². The maximum Gasteiger partial charge on any atom is 0.167 e. The van der Waals surface area contributed by atoms with Gasteiger partial charge in [0.15, 0.2) is 5.78 Å². The van der Waals surface area contributed by atoms with Crippen LogP contribution in [0.4, 0.5) is 0 Å². The van der Waals surface area contributed by atoms with E-state index in [9.17, 15) is 9.90 Å². The van der Waals surface area contributed by atoms with Crippen molar-refractivity contribution in [3.63, 3.8) is 0 Å². The molecule has 0 amide bonds. The molecule has 1 aliphatic carbocycles. The summed E-state index contributed by atoms with van der Waals surface area (Å²) < 4.78 is 0. The Morgan fingerprint density at radius 1 is 1.07 bits per heavy atom. The van der Waals surface area contributed by atoms with E-state index < -0.39 is 0 Å². The molecule has 4 rings (SSSR count). The molecule has 1 unspecified atom stereocenters. The van der Waals surface area contributed by atoms with Crippen molar-refractivity contribution in [2.24, 2.45) is 5.92 Å². The van der Waals surface area contributed by atoms with Gasteiger partial charge < -0.3 is 5.11 Å². The summed E-state index contributed by atoms with van der Waals surface area (Å²) in [5.74, 6) is 0.613. The molecular formula is C26H27NO2. The highest BCUT2D eigenvalue weighted by Crippen LogP contribution is 2.35. The molecule has 1 N–H and O–H groups in total. The Balaban J connectivity index is 1.65. The molecule has 1 aromatic heterocycles. The summed E-state index contributed by atoms with van der Waals surface area (Å²) in [5, 5.41) is 10.6.